The van der Waals surface area contributed by atoms with Gasteiger partial charge in [0.1, 0.15) is 0 Å². The van der Waals surface area contributed by atoms with Crippen molar-refractivity contribution in [3.63, 3.8) is 0 Å². The Labute approximate surface area is 171 Å². The lowest BCUT2D eigenvalue weighted by Gasteiger charge is -2.10. The van der Waals surface area contributed by atoms with Gasteiger partial charge in [-0.15, -0.1) is 0 Å². The zero-order chi connectivity index (χ0) is 20.5. The third-order valence-electron chi connectivity index (χ3n) is 4.94. The van der Waals surface area contributed by atoms with Gasteiger partial charge < -0.3 is 5.11 Å². The summed E-state index contributed by atoms with van der Waals surface area (Å²) in [5.74, 6) is -1.16. The van der Waals surface area contributed by atoms with Crippen LogP contribution in [0.1, 0.15) is 29.5 Å². The molecule has 0 bridgehead atoms. The highest BCUT2D eigenvalue weighted by Gasteiger charge is 2.15. The van der Waals surface area contributed by atoms with E-state index < -0.39 is 11.9 Å². The van der Waals surface area contributed by atoms with Crippen LogP contribution in [-0.4, -0.2) is 11.1 Å². The second-order valence-electron chi connectivity index (χ2n) is 7.01. The summed E-state index contributed by atoms with van der Waals surface area (Å²) in [6.07, 6.45) is 5.75. The summed E-state index contributed by atoms with van der Waals surface area (Å²) in [5, 5.41) is 18.6. The largest absolute Gasteiger partial charge is 0.481 e. The summed E-state index contributed by atoms with van der Waals surface area (Å²) >= 11 is 0. The molecule has 0 aromatic heterocycles. The molecule has 3 aromatic rings. The lowest BCUT2D eigenvalue weighted by Crippen LogP contribution is -2.13. The SMILES string of the molecule is N#Cc1cccc(-c2ccc(CCC(CC=Cc3ccccc3)C(=O)O)cc2)c1. The van der Waals surface area contributed by atoms with Crippen LogP contribution >= 0.6 is 0 Å². The maximum Gasteiger partial charge on any atom is 0.306 e. The second kappa shape index (κ2) is 10.1. The first-order valence-electron chi connectivity index (χ1n) is 9.69. The van der Waals surface area contributed by atoms with Gasteiger partial charge in [0.25, 0.3) is 0 Å². The molecule has 0 aliphatic carbocycles. The molecule has 3 aromatic carbocycles. The highest BCUT2D eigenvalue weighted by Crippen LogP contribution is 2.22. The van der Waals surface area contributed by atoms with Crippen LogP contribution < -0.4 is 0 Å². The molecule has 3 heteroatoms. The van der Waals surface area contributed by atoms with E-state index >= 15 is 0 Å². The van der Waals surface area contributed by atoms with E-state index in [1.54, 1.807) is 6.07 Å². The fourth-order valence-electron chi connectivity index (χ4n) is 3.25. The Kier molecular flexibility index (Phi) is 6.97. The number of hydrogen-bond acceptors (Lipinski definition) is 2. The van der Waals surface area contributed by atoms with E-state index in [2.05, 4.69) is 6.07 Å². The molecule has 0 saturated heterocycles. The molecular formula is C26H23NO2. The third-order valence-corrected chi connectivity index (χ3v) is 4.94. The van der Waals surface area contributed by atoms with Crippen LogP contribution in [0.25, 0.3) is 17.2 Å². The van der Waals surface area contributed by atoms with Crippen LogP contribution in [0.3, 0.4) is 0 Å². The summed E-state index contributed by atoms with van der Waals surface area (Å²) < 4.78 is 0. The van der Waals surface area contributed by atoms with Crippen molar-refractivity contribution in [2.24, 2.45) is 5.92 Å². The predicted molar refractivity (Wildman–Crippen MR) is 116 cm³/mol. The van der Waals surface area contributed by atoms with Gasteiger partial charge in [-0.05, 0) is 53.6 Å². The van der Waals surface area contributed by atoms with E-state index in [9.17, 15) is 9.90 Å². The van der Waals surface area contributed by atoms with Crippen molar-refractivity contribution < 1.29 is 9.90 Å². The van der Waals surface area contributed by atoms with Crippen molar-refractivity contribution in [2.75, 3.05) is 0 Å². The molecule has 0 radical (unpaired) electrons. The van der Waals surface area contributed by atoms with Crippen LogP contribution in [0, 0.1) is 17.2 Å². The summed E-state index contributed by atoms with van der Waals surface area (Å²) in [7, 11) is 0. The summed E-state index contributed by atoms with van der Waals surface area (Å²) in [6.45, 7) is 0. The Morgan fingerprint density at radius 2 is 1.72 bits per heavy atom. The van der Waals surface area contributed by atoms with Crippen molar-refractivity contribution >= 4 is 12.0 Å². The number of carboxylic acids is 1. The molecule has 0 spiro atoms. The molecule has 1 unspecified atom stereocenters. The molecule has 3 nitrogen and oxygen atoms in total. The van der Waals surface area contributed by atoms with E-state index in [0.717, 1.165) is 22.3 Å². The quantitative estimate of drug-likeness (QED) is 0.523. The van der Waals surface area contributed by atoms with E-state index in [1.165, 1.54) is 0 Å². The number of allylic oxidation sites excluding steroid dienone is 1. The molecule has 144 valence electrons. The number of nitrogens with zero attached hydrogens (tertiary/aromatic N) is 1. The fraction of sp³-hybridized carbons (Fsp3) is 0.154. The van der Waals surface area contributed by atoms with Gasteiger partial charge in [0.15, 0.2) is 0 Å². The van der Waals surface area contributed by atoms with Crippen molar-refractivity contribution in [3.05, 3.63) is 102 Å². The number of carboxylic acid groups (broad SMARTS) is 1. The monoisotopic (exact) mass is 381 g/mol. The van der Waals surface area contributed by atoms with Gasteiger partial charge in [0.05, 0.1) is 17.6 Å². The van der Waals surface area contributed by atoms with Gasteiger partial charge in [-0.2, -0.15) is 5.26 Å². The van der Waals surface area contributed by atoms with Gasteiger partial charge in [0.2, 0.25) is 0 Å². The van der Waals surface area contributed by atoms with E-state index in [4.69, 9.17) is 5.26 Å². The lowest BCUT2D eigenvalue weighted by atomic mass is 9.95. The Balaban J connectivity index is 1.59. The number of hydrogen-bond donors (Lipinski definition) is 1. The Hall–Kier alpha value is -3.64. The van der Waals surface area contributed by atoms with Crippen molar-refractivity contribution in [1.82, 2.24) is 0 Å². The maximum atomic E-state index is 11.6. The van der Waals surface area contributed by atoms with E-state index in [1.807, 2.05) is 84.9 Å². The summed E-state index contributed by atoms with van der Waals surface area (Å²) in [5.41, 5.74) is 4.88. The first-order chi connectivity index (χ1) is 14.2. The van der Waals surface area contributed by atoms with Crippen molar-refractivity contribution in [1.29, 1.82) is 5.26 Å². The van der Waals surface area contributed by atoms with Crippen molar-refractivity contribution in [3.8, 4) is 17.2 Å². The van der Waals surface area contributed by atoms with Gasteiger partial charge in [0, 0.05) is 0 Å². The minimum Gasteiger partial charge on any atom is -0.481 e. The Morgan fingerprint density at radius 3 is 2.41 bits per heavy atom. The number of nitriles is 1. The summed E-state index contributed by atoms with van der Waals surface area (Å²) in [4.78, 5) is 11.6. The molecule has 29 heavy (non-hydrogen) atoms. The van der Waals surface area contributed by atoms with Crippen LogP contribution in [0.4, 0.5) is 0 Å². The highest BCUT2D eigenvalue weighted by atomic mass is 16.4. The number of aryl methyl sites for hydroxylation is 1. The molecule has 1 atom stereocenters. The second-order valence-corrected chi connectivity index (χ2v) is 7.01. The number of benzene rings is 3. The maximum absolute atomic E-state index is 11.6. The summed E-state index contributed by atoms with van der Waals surface area (Å²) in [6, 6.07) is 27.7. The third kappa shape index (κ3) is 5.92. The zero-order valence-electron chi connectivity index (χ0n) is 16.2. The van der Waals surface area contributed by atoms with Crippen LogP contribution in [0.2, 0.25) is 0 Å². The minimum absolute atomic E-state index is 0.401. The molecule has 3 rings (SSSR count). The molecule has 0 heterocycles. The average molecular weight is 381 g/mol. The minimum atomic E-state index is -0.757. The average Bonchev–Trinajstić information content (AvgIpc) is 2.77. The van der Waals surface area contributed by atoms with Crippen molar-refractivity contribution in [2.45, 2.75) is 19.3 Å². The molecule has 0 fully saturated rings. The highest BCUT2D eigenvalue weighted by molar-refractivity contribution is 5.70. The predicted octanol–water partition coefficient (Wildman–Crippen LogP) is 5.96. The zero-order valence-corrected chi connectivity index (χ0v) is 16.2. The Bertz CT molecular complexity index is 1010. The first kappa shape index (κ1) is 20.1. The standard InChI is InChI=1S/C26H23NO2/c27-19-22-9-5-11-25(18-22)23-15-12-21(13-16-23)14-17-24(26(28)29)10-4-8-20-6-2-1-3-7-20/h1-9,11-13,15-16,18,24H,10,14,17H2,(H,28,29). The van der Waals surface area contributed by atoms with Crippen LogP contribution in [0.15, 0.2) is 84.9 Å². The molecule has 0 aliphatic rings. The van der Waals surface area contributed by atoms with Gasteiger partial charge >= 0.3 is 5.97 Å². The van der Waals surface area contributed by atoms with Crippen LogP contribution in [0.5, 0.6) is 0 Å². The number of carbonyl (C=O) groups is 1. The van der Waals surface area contributed by atoms with Crippen LogP contribution in [-0.2, 0) is 11.2 Å². The molecular weight excluding hydrogens is 358 g/mol. The van der Waals surface area contributed by atoms with Gasteiger partial charge in [-0.3, -0.25) is 4.79 Å². The Morgan fingerprint density at radius 1 is 0.966 bits per heavy atom. The van der Waals surface area contributed by atoms with Gasteiger partial charge in [-0.25, -0.2) is 0 Å². The normalized spacial score (nSPS) is 11.8. The number of aliphatic carboxylic acids is 1. The molecule has 0 aliphatic heterocycles. The molecule has 0 amide bonds. The van der Waals surface area contributed by atoms with E-state index in [-0.39, 0.29) is 0 Å². The lowest BCUT2D eigenvalue weighted by molar-refractivity contribution is -0.141. The molecule has 0 saturated carbocycles. The van der Waals surface area contributed by atoms with Gasteiger partial charge in [-0.1, -0.05) is 78.9 Å². The number of rotatable bonds is 8. The van der Waals surface area contributed by atoms with E-state index in [0.29, 0.717) is 24.8 Å². The smallest absolute Gasteiger partial charge is 0.306 e. The first-order valence-corrected chi connectivity index (χ1v) is 9.69. The topological polar surface area (TPSA) is 61.1 Å². The fourth-order valence-corrected chi connectivity index (χ4v) is 3.25. The molecule has 1 N–H and O–H groups in total.